The Labute approximate surface area is 96.9 Å². The highest BCUT2D eigenvalue weighted by Crippen LogP contribution is 2.24. The van der Waals surface area contributed by atoms with Gasteiger partial charge in [0.25, 0.3) is 5.95 Å². The van der Waals surface area contributed by atoms with E-state index in [9.17, 15) is 13.2 Å². The van der Waals surface area contributed by atoms with Crippen LogP contribution in [0.3, 0.4) is 0 Å². The van der Waals surface area contributed by atoms with E-state index >= 15 is 0 Å². The van der Waals surface area contributed by atoms with Crippen LogP contribution >= 0.6 is 0 Å². The van der Waals surface area contributed by atoms with Gasteiger partial charge in [-0.15, -0.1) is 0 Å². The summed E-state index contributed by atoms with van der Waals surface area (Å²) in [4.78, 5) is 4.84. The van der Waals surface area contributed by atoms with Gasteiger partial charge in [-0.05, 0) is 18.8 Å². The average molecular weight is 246 g/mol. The van der Waals surface area contributed by atoms with E-state index in [1.165, 1.54) is 0 Å². The number of hydrogen-bond donors (Lipinski definition) is 1. The predicted molar refractivity (Wildman–Crippen MR) is 56.1 cm³/mol. The molecule has 0 aromatic carbocycles. The van der Waals surface area contributed by atoms with Crippen molar-refractivity contribution in [3.63, 3.8) is 0 Å². The van der Waals surface area contributed by atoms with Crippen LogP contribution in [0.5, 0.6) is 0 Å². The Morgan fingerprint density at radius 2 is 2.12 bits per heavy atom. The molecule has 1 fully saturated rings. The van der Waals surface area contributed by atoms with Gasteiger partial charge in [-0.1, -0.05) is 0 Å². The number of rotatable bonds is 2. The summed E-state index contributed by atoms with van der Waals surface area (Å²) < 4.78 is 39.2. The van der Waals surface area contributed by atoms with Crippen molar-refractivity contribution in [3.8, 4) is 0 Å². The fraction of sp³-hybridized carbons (Fsp3) is 0.545. The average Bonchev–Trinajstić information content (AvgIpc) is 2.34. The number of pyridine rings is 1. The lowest BCUT2D eigenvalue weighted by molar-refractivity contribution is 0.208. The summed E-state index contributed by atoms with van der Waals surface area (Å²) >= 11 is 0. The minimum absolute atomic E-state index is 0.00178. The number of aromatic nitrogens is 1. The van der Waals surface area contributed by atoms with Crippen LogP contribution in [0, 0.1) is 23.5 Å². The van der Waals surface area contributed by atoms with Crippen molar-refractivity contribution in [1.29, 1.82) is 0 Å². The van der Waals surface area contributed by atoms with Crippen molar-refractivity contribution in [2.75, 3.05) is 24.6 Å². The summed E-state index contributed by atoms with van der Waals surface area (Å²) in [7, 11) is 0. The molecule has 1 saturated heterocycles. The summed E-state index contributed by atoms with van der Waals surface area (Å²) in [6.45, 7) is 0.943. The van der Waals surface area contributed by atoms with Crippen molar-refractivity contribution < 1.29 is 18.3 Å². The second kappa shape index (κ2) is 4.91. The van der Waals surface area contributed by atoms with E-state index < -0.39 is 17.6 Å². The number of halogens is 3. The van der Waals surface area contributed by atoms with Crippen LogP contribution in [0.15, 0.2) is 6.07 Å². The molecule has 2 rings (SSSR count). The molecule has 0 amide bonds. The van der Waals surface area contributed by atoms with Crippen LogP contribution in [0.2, 0.25) is 0 Å². The van der Waals surface area contributed by atoms with Crippen molar-refractivity contribution in [2.24, 2.45) is 5.92 Å². The lowest BCUT2D eigenvalue weighted by Gasteiger charge is -2.32. The maximum absolute atomic E-state index is 13.5. The standard InChI is InChI=1S/C11H13F3N2O/c12-8-4-9(13)11(15-10(8)14)16-3-1-2-7(5-16)6-17/h4,7,17H,1-3,5-6H2. The molecule has 17 heavy (non-hydrogen) atoms. The molecule has 2 heterocycles. The molecule has 1 aromatic heterocycles. The van der Waals surface area contributed by atoms with Gasteiger partial charge in [0.1, 0.15) is 0 Å². The minimum Gasteiger partial charge on any atom is -0.396 e. The molecule has 0 saturated carbocycles. The fourth-order valence-corrected chi connectivity index (χ4v) is 2.06. The minimum atomic E-state index is -1.30. The molecule has 1 N–H and O–H groups in total. The first kappa shape index (κ1) is 12.2. The van der Waals surface area contributed by atoms with E-state index in [1.54, 1.807) is 4.90 Å². The second-order valence-electron chi connectivity index (χ2n) is 4.20. The summed E-state index contributed by atoms with van der Waals surface area (Å²) in [6, 6.07) is 0.500. The molecule has 0 spiro atoms. The number of anilines is 1. The van der Waals surface area contributed by atoms with Crippen LogP contribution in [-0.2, 0) is 0 Å². The van der Waals surface area contributed by atoms with E-state index in [1.807, 2.05) is 0 Å². The number of aliphatic hydroxyl groups is 1. The Hall–Kier alpha value is -1.30. The maximum Gasteiger partial charge on any atom is 0.251 e. The molecule has 1 aliphatic rings. The lowest BCUT2D eigenvalue weighted by atomic mass is 9.99. The Morgan fingerprint density at radius 1 is 1.35 bits per heavy atom. The molecule has 0 aliphatic carbocycles. The van der Waals surface area contributed by atoms with E-state index in [0.717, 1.165) is 12.8 Å². The third-order valence-corrected chi connectivity index (χ3v) is 2.94. The van der Waals surface area contributed by atoms with E-state index in [0.29, 0.717) is 19.2 Å². The molecule has 94 valence electrons. The molecule has 6 heteroatoms. The highest BCUT2D eigenvalue weighted by atomic mass is 19.2. The van der Waals surface area contributed by atoms with Gasteiger partial charge in [-0.25, -0.2) is 8.78 Å². The highest BCUT2D eigenvalue weighted by molar-refractivity contribution is 5.40. The second-order valence-corrected chi connectivity index (χ2v) is 4.20. The zero-order chi connectivity index (χ0) is 12.4. The maximum atomic E-state index is 13.5. The van der Waals surface area contributed by atoms with Gasteiger partial charge in [-0.3, -0.25) is 0 Å². The van der Waals surface area contributed by atoms with Crippen molar-refractivity contribution in [1.82, 2.24) is 4.98 Å². The third-order valence-electron chi connectivity index (χ3n) is 2.94. The van der Waals surface area contributed by atoms with Crippen LogP contribution in [0.1, 0.15) is 12.8 Å². The Balaban J connectivity index is 2.24. The van der Waals surface area contributed by atoms with Crippen LogP contribution < -0.4 is 4.90 Å². The molecule has 1 atom stereocenters. The predicted octanol–water partition coefficient (Wildman–Crippen LogP) is 1.71. The zero-order valence-corrected chi connectivity index (χ0v) is 9.17. The normalized spacial score (nSPS) is 20.7. The smallest absolute Gasteiger partial charge is 0.251 e. The quantitative estimate of drug-likeness (QED) is 0.807. The summed E-state index contributed by atoms with van der Waals surface area (Å²) in [5.41, 5.74) is 0. The first-order valence-corrected chi connectivity index (χ1v) is 5.49. The van der Waals surface area contributed by atoms with Crippen LogP contribution in [0.4, 0.5) is 19.0 Å². The van der Waals surface area contributed by atoms with Gasteiger partial charge in [0, 0.05) is 25.8 Å². The number of nitrogens with zero attached hydrogens (tertiary/aromatic N) is 2. The molecular formula is C11H13F3N2O. The monoisotopic (exact) mass is 246 g/mol. The number of piperidine rings is 1. The lowest BCUT2D eigenvalue weighted by Crippen LogP contribution is -2.38. The molecule has 0 radical (unpaired) electrons. The first-order valence-electron chi connectivity index (χ1n) is 5.49. The van der Waals surface area contributed by atoms with Gasteiger partial charge in [0.15, 0.2) is 17.5 Å². The molecule has 1 unspecified atom stereocenters. The van der Waals surface area contributed by atoms with E-state index in [-0.39, 0.29) is 18.3 Å². The third kappa shape index (κ3) is 2.52. The SMILES string of the molecule is OCC1CCCN(c2nc(F)c(F)cc2F)C1. The zero-order valence-electron chi connectivity index (χ0n) is 9.17. The molecule has 0 bridgehead atoms. The fourth-order valence-electron chi connectivity index (χ4n) is 2.06. The molecular weight excluding hydrogens is 233 g/mol. The van der Waals surface area contributed by atoms with Crippen molar-refractivity contribution in [2.45, 2.75) is 12.8 Å². The Bertz CT molecular complexity index is 414. The van der Waals surface area contributed by atoms with Gasteiger partial charge in [0.05, 0.1) is 0 Å². The topological polar surface area (TPSA) is 36.4 Å². The summed E-state index contributed by atoms with van der Waals surface area (Å²) in [5.74, 6) is -3.61. The summed E-state index contributed by atoms with van der Waals surface area (Å²) in [5, 5.41) is 9.05. The van der Waals surface area contributed by atoms with E-state index in [4.69, 9.17) is 5.11 Å². The molecule has 1 aromatic rings. The highest BCUT2D eigenvalue weighted by Gasteiger charge is 2.24. The van der Waals surface area contributed by atoms with Crippen molar-refractivity contribution in [3.05, 3.63) is 23.6 Å². The van der Waals surface area contributed by atoms with Gasteiger partial charge in [0.2, 0.25) is 0 Å². The molecule has 1 aliphatic heterocycles. The van der Waals surface area contributed by atoms with Crippen LogP contribution in [-0.4, -0.2) is 29.8 Å². The first-order chi connectivity index (χ1) is 8.11. The summed E-state index contributed by atoms with van der Waals surface area (Å²) in [6.07, 6.45) is 1.61. The number of hydrogen-bond acceptors (Lipinski definition) is 3. The van der Waals surface area contributed by atoms with Gasteiger partial charge in [-0.2, -0.15) is 9.37 Å². The Morgan fingerprint density at radius 3 is 2.82 bits per heavy atom. The van der Waals surface area contributed by atoms with Crippen LogP contribution in [0.25, 0.3) is 0 Å². The van der Waals surface area contributed by atoms with Gasteiger partial charge < -0.3 is 10.0 Å². The number of aliphatic hydroxyl groups excluding tert-OH is 1. The molecule has 3 nitrogen and oxygen atoms in total. The Kier molecular flexibility index (Phi) is 3.51. The van der Waals surface area contributed by atoms with Crippen molar-refractivity contribution >= 4 is 5.82 Å². The largest absolute Gasteiger partial charge is 0.396 e. The van der Waals surface area contributed by atoms with Gasteiger partial charge >= 0.3 is 0 Å². The van der Waals surface area contributed by atoms with E-state index in [2.05, 4.69) is 4.98 Å².